The summed E-state index contributed by atoms with van der Waals surface area (Å²) in [5, 5.41) is 2.75. The van der Waals surface area contributed by atoms with Crippen molar-refractivity contribution < 1.29 is 27.5 Å². The molecule has 0 radical (unpaired) electrons. The molecule has 1 aromatic carbocycles. The number of carbonyl (C=O) groups is 3. The van der Waals surface area contributed by atoms with Crippen LogP contribution in [0.2, 0.25) is 0 Å². The third kappa shape index (κ3) is 4.42. The first-order valence-corrected chi connectivity index (χ1v) is 12.4. The maximum Gasteiger partial charge on any atom is 0.246 e. The lowest BCUT2D eigenvalue weighted by Crippen LogP contribution is -2.66. The number of fused-ring (bicyclic) bond motifs is 2. The topological polar surface area (TPSA) is 113 Å². The van der Waals surface area contributed by atoms with Crippen LogP contribution >= 0.6 is 0 Å². The zero-order valence-electron chi connectivity index (χ0n) is 17.7. The summed E-state index contributed by atoms with van der Waals surface area (Å²) in [6.45, 7) is 4.68. The minimum Gasteiger partial charge on any atom is -0.372 e. The van der Waals surface area contributed by atoms with Gasteiger partial charge in [0, 0.05) is 25.6 Å². The van der Waals surface area contributed by atoms with Crippen LogP contribution in [0.1, 0.15) is 19.3 Å². The molecule has 172 valence electrons. The van der Waals surface area contributed by atoms with Crippen molar-refractivity contribution in [1.29, 1.82) is 0 Å². The van der Waals surface area contributed by atoms with Gasteiger partial charge in [0.1, 0.15) is 17.8 Å². The van der Waals surface area contributed by atoms with Gasteiger partial charge in [0.25, 0.3) is 0 Å². The molecule has 0 saturated carbocycles. The number of sulfone groups is 1. The summed E-state index contributed by atoms with van der Waals surface area (Å²) in [4.78, 5) is 41.8. The Kier molecular flexibility index (Phi) is 6.34. The molecule has 3 saturated heterocycles. The number of piperazine rings is 1. The van der Waals surface area contributed by atoms with Crippen LogP contribution in [0, 0.1) is 0 Å². The van der Waals surface area contributed by atoms with Gasteiger partial charge in [0.15, 0.2) is 9.84 Å². The lowest BCUT2D eigenvalue weighted by atomic mass is 9.92. The molecule has 3 fully saturated rings. The molecule has 3 aliphatic rings. The summed E-state index contributed by atoms with van der Waals surface area (Å²) in [6, 6.07) is 6.28. The molecule has 3 aliphatic heterocycles. The Balaban J connectivity index is 1.38. The minimum atomic E-state index is -3.75. The Hall–Kier alpha value is -2.72. The first-order valence-electron chi connectivity index (χ1n) is 10.7. The summed E-state index contributed by atoms with van der Waals surface area (Å²) in [7, 11) is -3.75. The standard InChI is InChI=1S/C22H27N3O6S/c1-2-10-31-16-12-19-21(27)24-9-8-15(11-18(24)22(28)25(19)13-16)23-20(26)14-32(29,30)17-6-4-3-5-7-17/h2-7,15-16,18-19H,1,8-14H2,(H,23,26)/t15-,16+,18-,19-/m0/s1. The molecular weight excluding hydrogens is 434 g/mol. The zero-order valence-corrected chi connectivity index (χ0v) is 18.5. The fourth-order valence-electron chi connectivity index (χ4n) is 4.73. The van der Waals surface area contributed by atoms with Crippen molar-refractivity contribution >= 4 is 27.6 Å². The average molecular weight is 462 g/mol. The fraction of sp³-hybridized carbons (Fsp3) is 0.500. The summed E-state index contributed by atoms with van der Waals surface area (Å²) in [6.07, 6.45) is 2.64. The minimum absolute atomic E-state index is 0.0873. The monoisotopic (exact) mass is 461 g/mol. The number of nitrogens with one attached hydrogen (secondary N) is 1. The lowest BCUT2D eigenvalue weighted by molar-refractivity contribution is -0.162. The van der Waals surface area contributed by atoms with Gasteiger partial charge in [0.05, 0.1) is 17.6 Å². The highest BCUT2D eigenvalue weighted by atomic mass is 32.2. The lowest BCUT2D eigenvalue weighted by Gasteiger charge is -2.46. The molecule has 3 amide bonds. The molecule has 4 rings (SSSR count). The molecule has 4 atom stereocenters. The van der Waals surface area contributed by atoms with Crippen LogP contribution in [-0.4, -0.2) is 85.6 Å². The summed E-state index contributed by atoms with van der Waals surface area (Å²) in [5.41, 5.74) is 0. The van der Waals surface area contributed by atoms with Crippen molar-refractivity contribution in [2.45, 2.75) is 48.4 Å². The van der Waals surface area contributed by atoms with E-state index in [1.165, 1.54) is 12.1 Å². The second-order valence-corrected chi connectivity index (χ2v) is 10.4. The highest BCUT2D eigenvalue weighted by Gasteiger charge is 2.52. The third-order valence-electron chi connectivity index (χ3n) is 6.24. The molecule has 3 heterocycles. The molecule has 0 aliphatic carbocycles. The number of ether oxygens (including phenoxy) is 1. The van der Waals surface area contributed by atoms with Crippen molar-refractivity contribution in [1.82, 2.24) is 15.1 Å². The highest BCUT2D eigenvalue weighted by Crippen LogP contribution is 2.32. The van der Waals surface area contributed by atoms with Crippen LogP contribution in [0.3, 0.4) is 0 Å². The number of amides is 3. The average Bonchev–Trinajstić information content (AvgIpc) is 3.21. The predicted molar refractivity (Wildman–Crippen MR) is 115 cm³/mol. The van der Waals surface area contributed by atoms with E-state index in [1.807, 2.05) is 0 Å². The first-order chi connectivity index (χ1) is 15.3. The Morgan fingerprint density at radius 3 is 2.53 bits per heavy atom. The molecule has 9 nitrogen and oxygen atoms in total. The van der Waals surface area contributed by atoms with Crippen LogP contribution in [0.25, 0.3) is 0 Å². The molecule has 32 heavy (non-hydrogen) atoms. The van der Waals surface area contributed by atoms with E-state index in [1.54, 1.807) is 34.1 Å². The largest absolute Gasteiger partial charge is 0.372 e. The van der Waals surface area contributed by atoms with Gasteiger partial charge < -0.3 is 19.9 Å². The van der Waals surface area contributed by atoms with Gasteiger partial charge in [-0.25, -0.2) is 8.42 Å². The van der Waals surface area contributed by atoms with E-state index in [0.29, 0.717) is 32.5 Å². The second-order valence-electron chi connectivity index (χ2n) is 8.39. The van der Waals surface area contributed by atoms with E-state index in [-0.39, 0.29) is 35.3 Å². The molecular formula is C22H27N3O6S. The van der Waals surface area contributed by atoms with E-state index in [9.17, 15) is 22.8 Å². The van der Waals surface area contributed by atoms with Crippen LogP contribution in [0.15, 0.2) is 47.9 Å². The molecule has 1 aromatic rings. The van der Waals surface area contributed by atoms with Crippen molar-refractivity contribution in [2.24, 2.45) is 0 Å². The summed E-state index contributed by atoms with van der Waals surface area (Å²) < 4.78 is 30.5. The van der Waals surface area contributed by atoms with Crippen LogP contribution in [0.4, 0.5) is 0 Å². The van der Waals surface area contributed by atoms with Gasteiger partial charge in [-0.05, 0) is 25.0 Å². The maximum absolute atomic E-state index is 13.1. The number of nitrogens with zero attached hydrogens (tertiary/aromatic N) is 2. The summed E-state index contributed by atoms with van der Waals surface area (Å²) in [5.74, 6) is -1.50. The number of hydrogen-bond acceptors (Lipinski definition) is 6. The molecule has 1 N–H and O–H groups in total. The van der Waals surface area contributed by atoms with E-state index in [0.717, 1.165) is 0 Å². The molecule has 0 bridgehead atoms. The van der Waals surface area contributed by atoms with E-state index >= 15 is 0 Å². The number of carbonyl (C=O) groups excluding carboxylic acids is 3. The van der Waals surface area contributed by atoms with E-state index in [2.05, 4.69) is 11.9 Å². The Labute approximate surface area is 187 Å². The molecule has 10 heteroatoms. The number of piperidine rings is 1. The Morgan fingerprint density at radius 1 is 1.12 bits per heavy atom. The smallest absolute Gasteiger partial charge is 0.246 e. The van der Waals surface area contributed by atoms with Crippen molar-refractivity contribution in [3.63, 3.8) is 0 Å². The quantitative estimate of drug-likeness (QED) is 0.577. The van der Waals surface area contributed by atoms with Crippen LogP contribution in [0.5, 0.6) is 0 Å². The second kappa shape index (κ2) is 9.03. The fourth-order valence-corrected chi connectivity index (χ4v) is 5.90. The van der Waals surface area contributed by atoms with Crippen molar-refractivity contribution in [2.75, 3.05) is 25.4 Å². The van der Waals surface area contributed by atoms with Gasteiger partial charge >= 0.3 is 0 Å². The van der Waals surface area contributed by atoms with Crippen molar-refractivity contribution in [3.8, 4) is 0 Å². The number of rotatable bonds is 7. The zero-order chi connectivity index (χ0) is 22.9. The van der Waals surface area contributed by atoms with Gasteiger partial charge in [-0.1, -0.05) is 24.3 Å². The number of hydrogen-bond donors (Lipinski definition) is 1. The van der Waals surface area contributed by atoms with Crippen LogP contribution < -0.4 is 5.32 Å². The van der Waals surface area contributed by atoms with E-state index < -0.39 is 33.6 Å². The van der Waals surface area contributed by atoms with Gasteiger partial charge in [-0.15, -0.1) is 6.58 Å². The van der Waals surface area contributed by atoms with Crippen LogP contribution in [-0.2, 0) is 29.0 Å². The van der Waals surface area contributed by atoms with E-state index in [4.69, 9.17) is 4.74 Å². The van der Waals surface area contributed by atoms with Crippen molar-refractivity contribution in [3.05, 3.63) is 43.0 Å². The predicted octanol–water partition coefficient (Wildman–Crippen LogP) is 0.122. The van der Waals surface area contributed by atoms with Gasteiger partial charge in [0.2, 0.25) is 17.7 Å². The first kappa shape index (κ1) is 22.5. The molecule has 0 spiro atoms. The highest BCUT2D eigenvalue weighted by molar-refractivity contribution is 7.92. The third-order valence-corrected chi connectivity index (χ3v) is 7.87. The maximum atomic E-state index is 13.1. The number of benzene rings is 1. The van der Waals surface area contributed by atoms with Gasteiger partial charge in [-0.2, -0.15) is 0 Å². The van der Waals surface area contributed by atoms with Gasteiger partial charge in [-0.3, -0.25) is 14.4 Å². The molecule has 0 aromatic heterocycles. The molecule has 0 unspecified atom stereocenters. The SMILES string of the molecule is C=CCO[C@@H]1C[C@H]2C(=O)N3CC[C@H](NC(=O)CS(=O)(=O)c4ccccc4)C[C@H]3C(=O)N2C1. The summed E-state index contributed by atoms with van der Waals surface area (Å²) >= 11 is 0. The normalized spacial score (nSPS) is 27.6. The Bertz CT molecular complexity index is 1010. The Morgan fingerprint density at radius 2 is 1.81 bits per heavy atom.